The number of hydrogen-bond donors (Lipinski definition) is 1. The molecule has 0 atom stereocenters. The van der Waals surface area contributed by atoms with E-state index >= 15 is 0 Å². The average Bonchev–Trinajstić information content (AvgIpc) is 2.67. The Balaban J connectivity index is 1.47. The lowest BCUT2D eigenvalue weighted by molar-refractivity contribution is -0.129. The highest BCUT2D eigenvalue weighted by atomic mass is 35.5. The summed E-state index contributed by atoms with van der Waals surface area (Å²) in [4.78, 5) is 28.4. The molecule has 141 valence electrons. The molecule has 2 amide bonds. The van der Waals surface area contributed by atoms with Crippen molar-refractivity contribution in [3.63, 3.8) is 0 Å². The van der Waals surface area contributed by atoms with Crippen LogP contribution in [0.3, 0.4) is 0 Å². The Kier molecular flexibility index (Phi) is 6.54. The predicted octanol–water partition coefficient (Wildman–Crippen LogP) is 2.66. The number of carbonyl (C=O) groups excluding carboxylic acids is 2. The first-order chi connectivity index (χ1) is 12.5. The van der Waals surface area contributed by atoms with Gasteiger partial charge in [0.1, 0.15) is 0 Å². The van der Waals surface area contributed by atoms with Crippen molar-refractivity contribution in [2.75, 3.05) is 26.2 Å². The zero-order chi connectivity index (χ0) is 18.5. The minimum atomic E-state index is -0.553. The van der Waals surface area contributed by atoms with Crippen LogP contribution < -0.4 is 5.73 Å². The predicted molar refractivity (Wildman–Crippen MR) is 103 cm³/mol. The van der Waals surface area contributed by atoms with Crippen molar-refractivity contribution in [3.05, 3.63) is 40.8 Å². The number of primary amides is 1. The van der Waals surface area contributed by atoms with Crippen LogP contribution in [0.4, 0.5) is 0 Å². The summed E-state index contributed by atoms with van der Waals surface area (Å²) in [5.41, 5.74) is 6.48. The minimum absolute atomic E-state index is 0.0673. The van der Waals surface area contributed by atoms with Crippen LogP contribution in [0.25, 0.3) is 0 Å². The Morgan fingerprint density at radius 1 is 1.12 bits per heavy atom. The fourth-order valence-electron chi connectivity index (χ4n) is 3.96. The van der Waals surface area contributed by atoms with Crippen molar-refractivity contribution < 1.29 is 9.59 Å². The van der Waals surface area contributed by atoms with E-state index in [1.54, 1.807) is 18.6 Å². The van der Waals surface area contributed by atoms with Crippen LogP contribution >= 0.6 is 11.6 Å². The van der Waals surface area contributed by atoms with Crippen molar-refractivity contribution >= 4 is 23.4 Å². The third kappa shape index (κ3) is 4.77. The molecule has 2 saturated heterocycles. The molecule has 1 radical (unpaired) electrons. The van der Waals surface area contributed by atoms with Crippen LogP contribution in [-0.4, -0.2) is 53.8 Å². The number of rotatable bonds is 5. The van der Waals surface area contributed by atoms with E-state index in [1.165, 1.54) is 32.4 Å². The molecular weight excluding hydrogens is 350 g/mol. The summed E-state index contributed by atoms with van der Waals surface area (Å²) in [6.07, 6.45) is 8.25. The molecule has 3 rings (SSSR count). The Labute approximate surface area is 160 Å². The molecule has 2 heterocycles. The number of carbonyl (C=O) groups is 2. The lowest BCUT2D eigenvalue weighted by Gasteiger charge is -2.40. The van der Waals surface area contributed by atoms with E-state index in [9.17, 15) is 9.59 Å². The lowest BCUT2D eigenvalue weighted by Crippen LogP contribution is -2.48. The summed E-state index contributed by atoms with van der Waals surface area (Å²) in [5.74, 6) is -0.486. The maximum atomic E-state index is 12.5. The normalized spacial score (nSPS) is 19.5. The van der Waals surface area contributed by atoms with E-state index in [0.29, 0.717) is 23.0 Å². The average molecular weight is 377 g/mol. The standard InChI is InChI=1S/C20H27ClN3O2/c21-18-6-4-15(14-17(18)20(22)26)5-7-19(25)24-12-8-16(9-13-24)23-10-2-1-3-11-23/h4,6-7,14,16H,1-3,5,8-13H2,(H2,22,26). The number of nitrogens with two attached hydrogens (primary N) is 1. The van der Waals surface area contributed by atoms with Crippen molar-refractivity contribution in [3.8, 4) is 0 Å². The summed E-state index contributed by atoms with van der Waals surface area (Å²) in [7, 11) is 0. The van der Waals surface area contributed by atoms with Gasteiger partial charge in [-0.1, -0.05) is 24.1 Å². The molecule has 0 unspecified atom stereocenters. The molecule has 0 spiro atoms. The van der Waals surface area contributed by atoms with Gasteiger partial charge in [0.05, 0.1) is 17.0 Å². The number of likely N-dealkylation sites (tertiary alicyclic amines) is 2. The highest BCUT2D eigenvalue weighted by molar-refractivity contribution is 6.33. The maximum absolute atomic E-state index is 12.5. The minimum Gasteiger partial charge on any atom is -0.366 e. The summed E-state index contributed by atoms with van der Waals surface area (Å²) in [6, 6.07) is 5.77. The summed E-state index contributed by atoms with van der Waals surface area (Å²) < 4.78 is 0. The summed E-state index contributed by atoms with van der Waals surface area (Å²) in [5, 5.41) is 0.340. The molecule has 2 aliphatic heterocycles. The monoisotopic (exact) mass is 376 g/mol. The number of benzene rings is 1. The molecule has 0 saturated carbocycles. The lowest BCUT2D eigenvalue weighted by atomic mass is 9.99. The molecule has 2 aliphatic rings. The molecule has 6 heteroatoms. The molecule has 2 fully saturated rings. The molecule has 1 aromatic carbocycles. The van der Waals surface area contributed by atoms with E-state index in [4.69, 9.17) is 17.3 Å². The Morgan fingerprint density at radius 3 is 2.46 bits per heavy atom. The van der Waals surface area contributed by atoms with Crippen LogP contribution in [-0.2, 0) is 11.2 Å². The molecule has 5 nitrogen and oxygen atoms in total. The van der Waals surface area contributed by atoms with Crippen LogP contribution in [0.15, 0.2) is 18.2 Å². The van der Waals surface area contributed by atoms with Crippen LogP contribution in [0.1, 0.15) is 48.0 Å². The third-order valence-corrected chi connectivity index (χ3v) is 5.82. The van der Waals surface area contributed by atoms with E-state index in [0.717, 1.165) is 31.5 Å². The van der Waals surface area contributed by atoms with Gasteiger partial charge < -0.3 is 15.5 Å². The van der Waals surface area contributed by atoms with Gasteiger partial charge in [0.15, 0.2) is 0 Å². The number of nitrogens with zero attached hydrogens (tertiary/aromatic N) is 2. The van der Waals surface area contributed by atoms with Gasteiger partial charge in [-0.25, -0.2) is 0 Å². The van der Waals surface area contributed by atoms with Gasteiger partial charge in [-0.15, -0.1) is 0 Å². The summed E-state index contributed by atoms with van der Waals surface area (Å²) in [6.45, 7) is 4.07. The van der Waals surface area contributed by atoms with E-state index < -0.39 is 5.91 Å². The second-order valence-corrected chi connectivity index (χ2v) is 7.65. The first kappa shape index (κ1) is 19.2. The van der Waals surface area contributed by atoms with Crippen molar-refractivity contribution in [1.29, 1.82) is 0 Å². The van der Waals surface area contributed by atoms with Gasteiger partial charge in [-0.2, -0.15) is 0 Å². The Bertz CT molecular complexity index is 650. The SMILES string of the molecule is NC(=O)c1cc(C[CH]C(=O)N2CCC(N3CCCCC3)CC2)ccc1Cl. The molecule has 2 N–H and O–H groups in total. The van der Waals surface area contributed by atoms with Crippen molar-refractivity contribution in [2.24, 2.45) is 5.73 Å². The van der Waals surface area contributed by atoms with Gasteiger partial charge in [0, 0.05) is 19.1 Å². The number of hydrogen-bond acceptors (Lipinski definition) is 3. The fourth-order valence-corrected chi connectivity index (χ4v) is 4.17. The fraction of sp³-hybridized carbons (Fsp3) is 0.550. The van der Waals surface area contributed by atoms with Crippen LogP contribution in [0.2, 0.25) is 5.02 Å². The van der Waals surface area contributed by atoms with E-state index in [-0.39, 0.29) is 5.91 Å². The highest BCUT2D eigenvalue weighted by Crippen LogP contribution is 2.22. The third-order valence-electron chi connectivity index (χ3n) is 5.49. The highest BCUT2D eigenvalue weighted by Gasteiger charge is 2.27. The largest absolute Gasteiger partial charge is 0.366 e. The van der Waals surface area contributed by atoms with Gasteiger partial charge >= 0.3 is 0 Å². The maximum Gasteiger partial charge on any atom is 0.250 e. The van der Waals surface area contributed by atoms with Crippen LogP contribution in [0, 0.1) is 6.42 Å². The molecule has 0 aromatic heterocycles. The topological polar surface area (TPSA) is 66.6 Å². The Hall–Kier alpha value is -1.59. The second kappa shape index (κ2) is 8.87. The van der Waals surface area contributed by atoms with Crippen molar-refractivity contribution in [1.82, 2.24) is 9.80 Å². The van der Waals surface area contributed by atoms with Gasteiger partial charge in [0.2, 0.25) is 11.8 Å². The van der Waals surface area contributed by atoms with E-state index in [1.807, 2.05) is 11.0 Å². The van der Waals surface area contributed by atoms with Gasteiger partial charge in [-0.3, -0.25) is 9.59 Å². The summed E-state index contributed by atoms with van der Waals surface area (Å²) >= 11 is 5.96. The molecule has 0 bridgehead atoms. The Morgan fingerprint density at radius 2 is 1.81 bits per heavy atom. The number of piperidine rings is 2. The second-order valence-electron chi connectivity index (χ2n) is 7.24. The smallest absolute Gasteiger partial charge is 0.250 e. The molecule has 0 aliphatic carbocycles. The van der Waals surface area contributed by atoms with Gasteiger partial charge in [0.25, 0.3) is 0 Å². The van der Waals surface area contributed by atoms with Crippen LogP contribution in [0.5, 0.6) is 0 Å². The molecule has 26 heavy (non-hydrogen) atoms. The van der Waals surface area contributed by atoms with E-state index in [2.05, 4.69) is 4.90 Å². The molecular formula is C20H27ClN3O2. The van der Waals surface area contributed by atoms with Crippen molar-refractivity contribution in [2.45, 2.75) is 44.6 Å². The zero-order valence-corrected chi connectivity index (χ0v) is 15.9. The first-order valence-electron chi connectivity index (χ1n) is 9.49. The van der Waals surface area contributed by atoms with Gasteiger partial charge in [-0.05, 0) is 62.9 Å². The number of halogens is 1. The molecule has 1 aromatic rings. The zero-order valence-electron chi connectivity index (χ0n) is 15.1. The number of amides is 2. The quantitative estimate of drug-likeness (QED) is 0.859. The first-order valence-corrected chi connectivity index (χ1v) is 9.87.